The summed E-state index contributed by atoms with van der Waals surface area (Å²) >= 11 is 0. The minimum atomic E-state index is -0.457. The molecule has 0 amide bonds. The Bertz CT molecular complexity index is 3820. The summed E-state index contributed by atoms with van der Waals surface area (Å²) in [7, 11) is 0. The number of nitrogens with zero attached hydrogens (tertiary/aromatic N) is 1. The molecule has 0 aliphatic heterocycles. The van der Waals surface area contributed by atoms with Crippen LogP contribution in [0.5, 0.6) is 0 Å². The van der Waals surface area contributed by atoms with Crippen LogP contribution in [-0.2, 0) is 5.41 Å². The zero-order chi connectivity index (χ0) is 47.8. The van der Waals surface area contributed by atoms with Crippen molar-refractivity contribution >= 4 is 27.8 Å². The van der Waals surface area contributed by atoms with Crippen LogP contribution in [0.1, 0.15) is 22.3 Å². The van der Waals surface area contributed by atoms with Gasteiger partial charge in [0, 0.05) is 17.1 Å². The number of hydrogen-bond acceptors (Lipinski definition) is 1. The molecule has 0 N–H and O–H groups in total. The summed E-state index contributed by atoms with van der Waals surface area (Å²) in [6.45, 7) is 0. The lowest BCUT2D eigenvalue weighted by molar-refractivity contribution is 0.768. The van der Waals surface area contributed by atoms with Crippen molar-refractivity contribution in [3.63, 3.8) is 0 Å². The molecule has 0 saturated heterocycles. The minimum absolute atomic E-state index is 0.457. The fourth-order valence-corrected chi connectivity index (χ4v) is 11.3. The van der Waals surface area contributed by atoms with Crippen LogP contribution in [0.2, 0.25) is 0 Å². The van der Waals surface area contributed by atoms with Gasteiger partial charge in [0.1, 0.15) is 0 Å². The Morgan fingerprint density at radius 3 is 1.18 bits per heavy atom. The maximum absolute atomic E-state index is 2.38. The molecule has 338 valence electrons. The van der Waals surface area contributed by atoms with Gasteiger partial charge in [0.15, 0.2) is 0 Å². The molecule has 72 heavy (non-hydrogen) atoms. The van der Waals surface area contributed by atoms with Gasteiger partial charge >= 0.3 is 0 Å². The van der Waals surface area contributed by atoms with E-state index < -0.39 is 5.41 Å². The van der Waals surface area contributed by atoms with Crippen molar-refractivity contribution in [2.24, 2.45) is 0 Å². The van der Waals surface area contributed by atoms with Gasteiger partial charge in [0.25, 0.3) is 0 Å². The lowest BCUT2D eigenvalue weighted by Crippen LogP contribution is -2.28. The van der Waals surface area contributed by atoms with Gasteiger partial charge in [-0.2, -0.15) is 0 Å². The summed E-state index contributed by atoms with van der Waals surface area (Å²) in [6, 6.07) is 109. The van der Waals surface area contributed by atoms with Gasteiger partial charge in [-0.25, -0.2) is 0 Å². The molecule has 1 aliphatic carbocycles. The van der Waals surface area contributed by atoms with E-state index in [2.05, 4.69) is 302 Å². The highest BCUT2D eigenvalue weighted by atomic mass is 15.1. The topological polar surface area (TPSA) is 3.24 Å². The molecule has 1 heteroatoms. The number of benzene rings is 12. The van der Waals surface area contributed by atoms with Gasteiger partial charge in [0.2, 0.25) is 0 Å². The Labute approximate surface area is 422 Å². The molecular formula is C71H49N. The van der Waals surface area contributed by atoms with Crippen molar-refractivity contribution in [1.82, 2.24) is 0 Å². The molecule has 13 rings (SSSR count). The number of hydrogen-bond donors (Lipinski definition) is 0. The Morgan fingerprint density at radius 2 is 0.597 bits per heavy atom. The zero-order valence-corrected chi connectivity index (χ0v) is 39.7. The monoisotopic (exact) mass is 915 g/mol. The van der Waals surface area contributed by atoms with Gasteiger partial charge in [-0.05, 0) is 148 Å². The molecule has 1 aliphatic rings. The molecule has 0 bridgehead atoms. The lowest BCUT2D eigenvalue weighted by atomic mass is 9.67. The Hall–Kier alpha value is -9.30. The maximum atomic E-state index is 2.38. The molecule has 0 heterocycles. The van der Waals surface area contributed by atoms with Crippen LogP contribution in [-0.4, -0.2) is 0 Å². The highest BCUT2D eigenvalue weighted by Gasteiger charge is 2.46. The predicted molar refractivity (Wildman–Crippen MR) is 303 cm³/mol. The third kappa shape index (κ3) is 7.51. The first-order chi connectivity index (χ1) is 35.7. The second-order valence-corrected chi connectivity index (χ2v) is 18.8. The van der Waals surface area contributed by atoms with E-state index in [-0.39, 0.29) is 0 Å². The van der Waals surface area contributed by atoms with E-state index in [0.717, 1.165) is 17.1 Å². The van der Waals surface area contributed by atoms with Gasteiger partial charge in [-0.15, -0.1) is 0 Å². The van der Waals surface area contributed by atoms with Crippen molar-refractivity contribution in [2.75, 3.05) is 4.90 Å². The van der Waals surface area contributed by atoms with Gasteiger partial charge in [-0.1, -0.05) is 249 Å². The second kappa shape index (κ2) is 18.2. The standard InChI is InChI=1S/C71H49N/c1-4-16-50(17-5-1)58-20-14-21-59(48-58)55-38-44-64(45-39-55)72(63-42-36-53(37-43-63)52-30-32-54(33-31-52)60-35-34-51-18-10-11-19-57(51)49-60)65-46-40-56(41-47-65)66-27-15-29-69-70(66)67-26-12-13-28-68(67)71(69,61-22-6-2-7-23-61)62-24-8-3-9-25-62/h1-49H. The molecule has 1 nitrogen and oxygen atoms in total. The van der Waals surface area contributed by atoms with E-state index in [0.29, 0.717) is 0 Å². The Kier molecular flexibility index (Phi) is 10.8. The van der Waals surface area contributed by atoms with Crippen LogP contribution in [0.15, 0.2) is 297 Å². The van der Waals surface area contributed by atoms with E-state index in [1.165, 1.54) is 99.8 Å². The number of rotatable bonds is 10. The second-order valence-electron chi connectivity index (χ2n) is 18.8. The highest BCUT2D eigenvalue weighted by molar-refractivity contribution is 5.96. The summed E-state index contributed by atoms with van der Waals surface area (Å²) in [5.74, 6) is 0. The number of anilines is 3. The summed E-state index contributed by atoms with van der Waals surface area (Å²) in [5.41, 5.74) is 22.5. The third-order valence-electron chi connectivity index (χ3n) is 14.8. The van der Waals surface area contributed by atoms with Crippen molar-refractivity contribution in [3.05, 3.63) is 320 Å². The Balaban J connectivity index is 0.878. The minimum Gasteiger partial charge on any atom is -0.311 e. The van der Waals surface area contributed by atoms with Crippen LogP contribution in [0, 0.1) is 0 Å². The number of fused-ring (bicyclic) bond motifs is 4. The van der Waals surface area contributed by atoms with Gasteiger partial charge < -0.3 is 4.90 Å². The van der Waals surface area contributed by atoms with E-state index in [9.17, 15) is 0 Å². The van der Waals surface area contributed by atoms with Gasteiger partial charge in [0.05, 0.1) is 5.41 Å². The molecule has 0 radical (unpaired) electrons. The van der Waals surface area contributed by atoms with Crippen LogP contribution in [0.3, 0.4) is 0 Å². The largest absolute Gasteiger partial charge is 0.311 e. The van der Waals surface area contributed by atoms with Crippen LogP contribution < -0.4 is 4.90 Å². The maximum Gasteiger partial charge on any atom is 0.0713 e. The Morgan fingerprint density at radius 1 is 0.222 bits per heavy atom. The van der Waals surface area contributed by atoms with Crippen LogP contribution >= 0.6 is 0 Å². The quantitative estimate of drug-likeness (QED) is 0.132. The van der Waals surface area contributed by atoms with Crippen LogP contribution in [0.25, 0.3) is 77.5 Å². The molecule has 0 fully saturated rings. The van der Waals surface area contributed by atoms with Crippen molar-refractivity contribution in [2.45, 2.75) is 5.41 Å². The average molecular weight is 916 g/mol. The molecule has 0 saturated carbocycles. The van der Waals surface area contributed by atoms with Gasteiger partial charge in [-0.3, -0.25) is 0 Å². The summed E-state index contributed by atoms with van der Waals surface area (Å²) < 4.78 is 0. The molecule has 0 atom stereocenters. The first kappa shape index (κ1) is 42.8. The van der Waals surface area contributed by atoms with Crippen molar-refractivity contribution < 1.29 is 0 Å². The van der Waals surface area contributed by atoms with E-state index in [4.69, 9.17) is 0 Å². The molecule has 0 spiro atoms. The van der Waals surface area contributed by atoms with E-state index >= 15 is 0 Å². The van der Waals surface area contributed by atoms with E-state index in [1.54, 1.807) is 0 Å². The van der Waals surface area contributed by atoms with Crippen LogP contribution in [0.4, 0.5) is 17.1 Å². The van der Waals surface area contributed by atoms with Crippen molar-refractivity contribution in [3.8, 4) is 66.8 Å². The summed E-state index contributed by atoms with van der Waals surface area (Å²) in [6.07, 6.45) is 0. The summed E-state index contributed by atoms with van der Waals surface area (Å²) in [4.78, 5) is 2.38. The van der Waals surface area contributed by atoms with Crippen molar-refractivity contribution in [1.29, 1.82) is 0 Å². The SMILES string of the molecule is c1ccc(-c2cccc(-c3ccc(N(c4ccc(-c5ccc(-c6ccc7ccccc7c6)cc5)cc4)c4ccc(-c5cccc6c5-c5ccccc5C6(c5ccccc5)c5ccccc5)cc4)cc3)c2)cc1. The molecule has 0 aromatic heterocycles. The molecular weight excluding hydrogens is 867 g/mol. The first-order valence-corrected chi connectivity index (χ1v) is 24.9. The fraction of sp³-hybridized carbons (Fsp3) is 0.0141. The highest BCUT2D eigenvalue weighted by Crippen LogP contribution is 2.58. The fourth-order valence-electron chi connectivity index (χ4n) is 11.3. The third-order valence-corrected chi connectivity index (χ3v) is 14.8. The predicted octanol–water partition coefficient (Wildman–Crippen LogP) is 19.0. The first-order valence-electron chi connectivity index (χ1n) is 24.9. The lowest BCUT2D eigenvalue weighted by Gasteiger charge is -2.34. The normalized spacial score (nSPS) is 12.3. The van der Waals surface area contributed by atoms with E-state index in [1.807, 2.05) is 0 Å². The molecule has 0 unspecified atom stereocenters. The smallest absolute Gasteiger partial charge is 0.0713 e. The average Bonchev–Trinajstić information content (AvgIpc) is 3.78. The molecule has 12 aromatic rings. The zero-order valence-electron chi connectivity index (χ0n) is 39.7. The summed E-state index contributed by atoms with van der Waals surface area (Å²) in [5, 5.41) is 2.51. The molecule has 12 aromatic carbocycles.